The lowest BCUT2D eigenvalue weighted by Gasteiger charge is -2.33. The number of hydrogen-bond donors (Lipinski definition) is 1. The zero-order valence-corrected chi connectivity index (χ0v) is 21.1. The van der Waals surface area contributed by atoms with Gasteiger partial charge in [0.05, 0.1) is 11.9 Å². The molecular formula is C24H32ClN3O4S. The molecule has 0 saturated carbocycles. The van der Waals surface area contributed by atoms with Crippen LogP contribution in [0.1, 0.15) is 32.8 Å². The molecule has 0 unspecified atom stereocenters. The van der Waals surface area contributed by atoms with Crippen molar-refractivity contribution in [3.8, 4) is 0 Å². The van der Waals surface area contributed by atoms with Crippen molar-refractivity contribution >= 4 is 39.1 Å². The summed E-state index contributed by atoms with van der Waals surface area (Å²) in [4.78, 5) is 27.9. The van der Waals surface area contributed by atoms with Gasteiger partial charge in [0.1, 0.15) is 12.6 Å². The Morgan fingerprint density at radius 3 is 2.27 bits per heavy atom. The highest BCUT2D eigenvalue weighted by Gasteiger charge is 2.31. The number of hydrogen-bond acceptors (Lipinski definition) is 4. The molecular weight excluding hydrogens is 462 g/mol. The van der Waals surface area contributed by atoms with Crippen LogP contribution in [0.4, 0.5) is 5.69 Å². The van der Waals surface area contributed by atoms with Crippen LogP contribution in [-0.4, -0.2) is 50.5 Å². The predicted molar refractivity (Wildman–Crippen MR) is 133 cm³/mol. The zero-order chi connectivity index (χ0) is 24.6. The van der Waals surface area contributed by atoms with Gasteiger partial charge in [0.25, 0.3) is 0 Å². The van der Waals surface area contributed by atoms with Gasteiger partial charge < -0.3 is 10.2 Å². The molecule has 0 saturated heterocycles. The monoisotopic (exact) mass is 493 g/mol. The summed E-state index contributed by atoms with van der Waals surface area (Å²) in [7, 11) is -3.78. The van der Waals surface area contributed by atoms with Crippen molar-refractivity contribution in [1.82, 2.24) is 10.2 Å². The van der Waals surface area contributed by atoms with E-state index < -0.39 is 28.5 Å². The van der Waals surface area contributed by atoms with Crippen molar-refractivity contribution in [2.75, 3.05) is 23.7 Å². The molecule has 2 aromatic rings. The normalized spacial score (nSPS) is 12.3. The quantitative estimate of drug-likeness (QED) is 0.517. The van der Waals surface area contributed by atoms with Gasteiger partial charge in [-0.3, -0.25) is 13.9 Å². The molecule has 33 heavy (non-hydrogen) atoms. The van der Waals surface area contributed by atoms with Crippen molar-refractivity contribution in [3.63, 3.8) is 0 Å². The molecule has 180 valence electrons. The lowest BCUT2D eigenvalue weighted by molar-refractivity contribution is -0.140. The highest BCUT2D eigenvalue weighted by Crippen LogP contribution is 2.23. The van der Waals surface area contributed by atoms with Crippen LogP contribution in [0.15, 0.2) is 54.6 Å². The maximum atomic E-state index is 13.5. The third kappa shape index (κ3) is 8.05. The second kappa shape index (κ2) is 12.0. The summed E-state index contributed by atoms with van der Waals surface area (Å²) in [5.41, 5.74) is 1.13. The maximum Gasteiger partial charge on any atom is 0.244 e. The van der Waals surface area contributed by atoms with Crippen LogP contribution in [0.2, 0.25) is 5.02 Å². The first-order chi connectivity index (χ1) is 15.5. The van der Waals surface area contributed by atoms with Crippen LogP contribution in [-0.2, 0) is 26.2 Å². The van der Waals surface area contributed by atoms with Gasteiger partial charge in [-0.05, 0) is 36.1 Å². The number of anilines is 1. The van der Waals surface area contributed by atoms with Gasteiger partial charge in [-0.25, -0.2) is 8.42 Å². The van der Waals surface area contributed by atoms with Crippen LogP contribution in [0.5, 0.6) is 0 Å². The van der Waals surface area contributed by atoms with Gasteiger partial charge in [-0.1, -0.05) is 68.8 Å². The molecule has 0 radical (unpaired) electrons. The van der Waals surface area contributed by atoms with Crippen LogP contribution in [0.3, 0.4) is 0 Å². The predicted octanol–water partition coefficient (Wildman–Crippen LogP) is 3.69. The fourth-order valence-electron chi connectivity index (χ4n) is 3.37. The van der Waals surface area contributed by atoms with E-state index in [2.05, 4.69) is 5.32 Å². The lowest BCUT2D eigenvalue weighted by Crippen LogP contribution is -2.52. The number of carbonyl (C=O) groups excluding carboxylic acids is 2. The van der Waals surface area contributed by atoms with E-state index in [1.54, 1.807) is 18.2 Å². The van der Waals surface area contributed by atoms with Gasteiger partial charge in [-0.15, -0.1) is 0 Å². The zero-order valence-electron chi connectivity index (χ0n) is 19.5. The van der Waals surface area contributed by atoms with E-state index in [1.165, 1.54) is 11.0 Å². The minimum atomic E-state index is -3.78. The van der Waals surface area contributed by atoms with Crippen LogP contribution >= 0.6 is 11.6 Å². The summed E-state index contributed by atoms with van der Waals surface area (Å²) in [6, 6.07) is 14.9. The average Bonchev–Trinajstić information content (AvgIpc) is 2.75. The Bertz CT molecular complexity index is 1040. The molecule has 0 aliphatic rings. The summed E-state index contributed by atoms with van der Waals surface area (Å²) < 4.78 is 26.1. The average molecular weight is 494 g/mol. The number of halogens is 1. The standard InChI is InChI=1S/C24H32ClN3O4S/c1-5-22(24(30)26-15-18(2)3)27(16-19-10-7-6-8-11-19)23(29)17-28(33(4,31)32)21-13-9-12-20(25)14-21/h6-14,18,22H,5,15-17H2,1-4H3,(H,26,30)/t22-/m1/s1. The molecule has 1 atom stereocenters. The molecule has 0 spiro atoms. The van der Waals surface area contributed by atoms with Gasteiger partial charge in [0.2, 0.25) is 21.8 Å². The first-order valence-electron chi connectivity index (χ1n) is 10.9. The number of rotatable bonds is 11. The van der Waals surface area contributed by atoms with Gasteiger partial charge in [0.15, 0.2) is 0 Å². The van der Waals surface area contributed by atoms with Gasteiger partial charge in [0, 0.05) is 18.1 Å². The Morgan fingerprint density at radius 2 is 1.73 bits per heavy atom. The van der Waals surface area contributed by atoms with Crippen LogP contribution < -0.4 is 9.62 Å². The maximum absolute atomic E-state index is 13.5. The summed E-state index contributed by atoms with van der Waals surface area (Å²) in [6.45, 7) is 6.03. The van der Waals surface area contributed by atoms with E-state index in [0.29, 0.717) is 18.0 Å². The second-order valence-electron chi connectivity index (χ2n) is 8.32. The Hall–Kier alpha value is -2.58. The van der Waals surface area contributed by atoms with E-state index >= 15 is 0 Å². The summed E-state index contributed by atoms with van der Waals surface area (Å²) >= 11 is 6.05. The molecule has 0 aromatic heterocycles. The van der Waals surface area contributed by atoms with Crippen LogP contribution in [0.25, 0.3) is 0 Å². The largest absolute Gasteiger partial charge is 0.354 e. The smallest absolute Gasteiger partial charge is 0.244 e. The number of sulfonamides is 1. The van der Waals surface area contributed by atoms with Gasteiger partial charge in [-0.2, -0.15) is 0 Å². The van der Waals surface area contributed by atoms with E-state index in [4.69, 9.17) is 11.6 Å². The SMILES string of the molecule is CC[C@H](C(=O)NCC(C)C)N(Cc1ccccc1)C(=O)CN(c1cccc(Cl)c1)S(C)(=O)=O. The highest BCUT2D eigenvalue weighted by molar-refractivity contribution is 7.92. The minimum absolute atomic E-state index is 0.181. The van der Waals surface area contributed by atoms with E-state index in [0.717, 1.165) is 16.1 Å². The van der Waals surface area contributed by atoms with Gasteiger partial charge >= 0.3 is 0 Å². The molecule has 9 heteroatoms. The van der Waals surface area contributed by atoms with Crippen molar-refractivity contribution < 1.29 is 18.0 Å². The van der Waals surface area contributed by atoms with E-state index in [1.807, 2.05) is 51.1 Å². The summed E-state index contributed by atoms with van der Waals surface area (Å²) in [6.07, 6.45) is 1.42. The molecule has 2 amide bonds. The second-order valence-corrected chi connectivity index (χ2v) is 10.7. The number of benzene rings is 2. The number of nitrogens with one attached hydrogen (secondary N) is 1. The highest BCUT2D eigenvalue weighted by atomic mass is 35.5. The van der Waals surface area contributed by atoms with Crippen molar-refractivity contribution in [2.45, 2.75) is 39.8 Å². The topological polar surface area (TPSA) is 86.8 Å². The minimum Gasteiger partial charge on any atom is -0.354 e. The molecule has 7 nitrogen and oxygen atoms in total. The number of amides is 2. The summed E-state index contributed by atoms with van der Waals surface area (Å²) in [5.74, 6) is -0.478. The molecule has 1 N–H and O–H groups in total. The molecule has 2 rings (SSSR count). The van der Waals surface area contributed by atoms with Crippen LogP contribution in [0, 0.1) is 5.92 Å². The fourth-order valence-corrected chi connectivity index (χ4v) is 4.39. The molecule has 2 aromatic carbocycles. The number of nitrogens with zero attached hydrogens (tertiary/aromatic N) is 2. The lowest BCUT2D eigenvalue weighted by atomic mass is 10.1. The molecule has 0 fully saturated rings. The molecule has 0 aliphatic heterocycles. The van der Waals surface area contributed by atoms with E-state index in [9.17, 15) is 18.0 Å². The Morgan fingerprint density at radius 1 is 1.06 bits per heavy atom. The Kier molecular flexibility index (Phi) is 9.73. The number of carbonyl (C=O) groups is 2. The van der Waals surface area contributed by atoms with Crippen molar-refractivity contribution in [3.05, 3.63) is 65.2 Å². The molecule has 0 bridgehead atoms. The Balaban J connectivity index is 2.39. The first kappa shape index (κ1) is 26.7. The first-order valence-corrected chi connectivity index (χ1v) is 13.1. The third-order valence-electron chi connectivity index (χ3n) is 5.04. The molecule has 0 heterocycles. The summed E-state index contributed by atoms with van der Waals surface area (Å²) in [5, 5.41) is 3.25. The van der Waals surface area contributed by atoms with E-state index in [-0.39, 0.29) is 24.1 Å². The molecule has 0 aliphatic carbocycles. The van der Waals surface area contributed by atoms with Crippen molar-refractivity contribution in [1.29, 1.82) is 0 Å². The van der Waals surface area contributed by atoms with Crippen molar-refractivity contribution in [2.24, 2.45) is 5.92 Å². The fraction of sp³-hybridized carbons (Fsp3) is 0.417. The third-order valence-corrected chi connectivity index (χ3v) is 6.42. The Labute approximate surface area is 201 Å².